The van der Waals surface area contributed by atoms with Gasteiger partial charge in [-0.05, 0) is 24.6 Å². The zero-order chi connectivity index (χ0) is 14.5. The third-order valence-electron chi connectivity index (χ3n) is 2.46. The van der Waals surface area contributed by atoms with Gasteiger partial charge in [0.15, 0.2) is 5.82 Å². The molecule has 2 rings (SSSR count). The average Bonchev–Trinajstić information content (AvgIpc) is 2.44. The SMILES string of the molecule is CCCNc1ncc(Cl)c(Nc2ccc(F)c(Cl)c2)n1. The van der Waals surface area contributed by atoms with Crippen molar-refractivity contribution >= 4 is 40.7 Å². The summed E-state index contributed by atoms with van der Waals surface area (Å²) in [6.45, 7) is 2.81. The summed E-state index contributed by atoms with van der Waals surface area (Å²) in [5, 5.41) is 6.44. The first-order valence-electron chi connectivity index (χ1n) is 6.08. The maximum atomic E-state index is 13.1. The van der Waals surface area contributed by atoms with Crippen LogP contribution in [0.1, 0.15) is 13.3 Å². The van der Waals surface area contributed by atoms with Crippen LogP contribution in [0.3, 0.4) is 0 Å². The third kappa shape index (κ3) is 3.71. The van der Waals surface area contributed by atoms with Gasteiger partial charge in [0.2, 0.25) is 5.95 Å². The van der Waals surface area contributed by atoms with E-state index in [-0.39, 0.29) is 5.02 Å². The first-order valence-corrected chi connectivity index (χ1v) is 6.84. The largest absolute Gasteiger partial charge is 0.354 e. The minimum Gasteiger partial charge on any atom is -0.354 e. The van der Waals surface area contributed by atoms with Crippen LogP contribution in [0.4, 0.5) is 21.8 Å². The Labute approximate surface area is 126 Å². The molecule has 1 aromatic carbocycles. The first kappa shape index (κ1) is 14.8. The molecule has 0 aliphatic carbocycles. The summed E-state index contributed by atoms with van der Waals surface area (Å²) in [5.41, 5.74) is 0.596. The molecule has 0 bridgehead atoms. The van der Waals surface area contributed by atoms with Gasteiger partial charge in [-0.15, -0.1) is 0 Å². The van der Waals surface area contributed by atoms with Crippen LogP contribution in [-0.4, -0.2) is 16.5 Å². The number of nitrogens with one attached hydrogen (secondary N) is 2. The number of rotatable bonds is 5. The van der Waals surface area contributed by atoms with Gasteiger partial charge in [-0.2, -0.15) is 4.98 Å². The van der Waals surface area contributed by atoms with Crippen molar-refractivity contribution in [3.05, 3.63) is 40.3 Å². The lowest BCUT2D eigenvalue weighted by Crippen LogP contribution is -2.06. The molecule has 2 N–H and O–H groups in total. The second-order valence-corrected chi connectivity index (χ2v) is 4.89. The van der Waals surface area contributed by atoms with Gasteiger partial charge < -0.3 is 10.6 Å². The standard InChI is InChI=1S/C13H13Cl2FN4/c1-2-5-17-13-18-7-10(15)12(20-13)19-8-3-4-11(16)9(14)6-8/h3-4,6-7H,2,5H2,1H3,(H2,17,18,19,20). The van der Waals surface area contributed by atoms with Crippen LogP contribution in [-0.2, 0) is 0 Å². The van der Waals surface area contributed by atoms with Crippen molar-refractivity contribution in [1.29, 1.82) is 0 Å². The maximum absolute atomic E-state index is 13.1. The second kappa shape index (κ2) is 6.72. The summed E-state index contributed by atoms with van der Waals surface area (Å²) in [5.74, 6) is 0.436. The van der Waals surface area contributed by atoms with Crippen molar-refractivity contribution in [2.24, 2.45) is 0 Å². The summed E-state index contributed by atoms with van der Waals surface area (Å²) in [7, 11) is 0. The van der Waals surface area contributed by atoms with E-state index in [4.69, 9.17) is 23.2 Å². The van der Waals surface area contributed by atoms with Crippen LogP contribution < -0.4 is 10.6 Å². The fraction of sp³-hybridized carbons (Fsp3) is 0.231. The summed E-state index contributed by atoms with van der Waals surface area (Å²) >= 11 is 11.8. The molecule has 0 unspecified atom stereocenters. The minimum absolute atomic E-state index is 0.0320. The molecule has 0 saturated carbocycles. The highest BCUT2D eigenvalue weighted by Crippen LogP contribution is 2.26. The molecule has 106 valence electrons. The van der Waals surface area contributed by atoms with Gasteiger partial charge in [-0.25, -0.2) is 9.37 Å². The summed E-state index contributed by atoms with van der Waals surface area (Å²) in [6, 6.07) is 4.29. The third-order valence-corrected chi connectivity index (χ3v) is 3.03. The highest BCUT2D eigenvalue weighted by Gasteiger charge is 2.07. The molecule has 0 aliphatic heterocycles. The molecule has 0 spiro atoms. The fourth-order valence-electron chi connectivity index (χ4n) is 1.49. The lowest BCUT2D eigenvalue weighted by atomic mass is 10.3. The molecule has 1 aromatic heterocycles. The van der Waals surface area contributed by atoms with Crippen LogP contribution in [0.2, 0.25) is 10.0 Å². The molecule has 4 nitrogen and oxygen atoms in total. The van der Waals surface area contributed by atoms with Crippen molar-refractivity contribution in [2.45, 2.75) is 13.3 Å². The predicted molar refractivity (Wildman–Crippen MR) is 80.5 cm³/mol. The van der Waals surface area contributed by atoms with Crippen molar-refractivity contribution in [3.8, 4) is 0 Å². The molecule has 0 amide bonds. The number of benzene rings is 1. The highest BCUT2D eigenvalue weighted by atomic mass is 35.5. The van der Waals surface area contributed by atoms with Gasteiger partial charge in [-0.1, -0.05) is 30.1 Å². The van der Waals surface area contributed by atoms with Crippen LogP contribution in [0, 0.1) is 5.82 Å². The molecule has 2 aromatic rings. The lowest BCUT2D eigenvalue weighted by molar-refractivity contribution is 0.628. The van der Waals surface area contributed by atoms with Gasteiger partial charge in [-0.3, -0.25) is 0 Å². The molecule has 7 heteroatoms. The van der Waals surface area contributed by atoms with Gasteiger partial charge in [0.05, 0.1) is 11.2 Å². The first-order chi connectivity index (χ1) is 9.60. The monoisotopic (exact) mass is 314 g/mol. The normalized spacial score (nSPS) is 10.4. The molecule has 0 saturated heterocycles. The van der Waals surface area contributed by atoms with Crippen molar-refractivity contribution in [3.63, 3.8) is 0 Å². The van der Waals surface area contributed by atoms with E-state index in [0.29, 0.717) is 22.5 Å². The second-order valence-electron chi connectivity index (χ2n) is 4.07. The smallest absolute Gasteiger partial charge is 0.224 e. The maximum Gasteiger partial charge on any atom is 0.224 e. The van der Waals surface area contributed by atoms with Crippen LogP contribution in [0.15, 0.2) is 24.4 Å². The molecule has 0 fully saturated rings. The number of anilines is 3. The zero-order valence-corrected chi connectivity index (χ0v) is 12.3. The number of hydrogen-bond acceptors (Lipinski definition) is 4. The van der Waals surface area contributed by atoms with Gasteiger partial charge in [0.25, 0.3) is 0 Å². The quantitative estimate of drug-likeness (QED) is 0.853. The molecule has 1 heterocycles. The summed E-state index contributed by atoms with van der Waals surface area (Å²) in [4.78, 5) is 8.32. The highest BCUT2D eigenvalue weighted by molar-refractivity contribution is 6.33. The molecule has 20 heavy (non-hydrogen) atoms. The van der Waals surface area contributed by atoms with Gasteiger partial charge in [0, 0.05) is 12.2 Å². The van der Waals surface area contributed by atoms with Crippen molar-refractivity contribution in [1.82, 2.24) is 9.97 Å². The van der Waals surface area contributed by atoms with Crippen LogP contribution in [0.25, 0.3) is 0 Å². The Kier molecular flexibility index (Phi) is 4.98. The summed E-state index contributed by atoms with van der Waals surface area (Å²) < 4.78 is 13.1. The topological polar surface area (TPSA) is 49.8 Å². The molecule has 0 radical (unpaired) electrons. The number of aromatic nitrogens is 2. The number of hydrogen-bond donors (Lipinski definition) is 2. The number of halogens is 3. The minimum atomic E-state index is -0.476. The molecule has 0 aliphatic rings. The van der Waals surface area contributed by atoms with Crippen molar-refractivity contribution < 1.29 is 4.39 Å². The zero-order valence-electron chi connectivity index (χ0n) is 10.8. The molecular weight excluding hydrogens is 302 g/mol. The Morgan fingerprint density at radius 1 is 1.25 bits per heavy atom. The Morgan fingerprint density at radius 2 is 2.05 bits per heavy atom. The Morgan fingerprint density at radius 3 is 2.75 bits per heavy atom. The van der Waals surface area contributed by atoms with E-state index in [1.807, 2.05) is 6.92 Å². The fourth-order valence-corrected chi connectivity index (χ4v) is 1.81. The molecule has 0 atom stereocenters. The van der Waals surface area contributed by atoms with E-state index in [1.165, 1.54) is 18.3 Å². The Balaban J connectivity index is 2.20. The van der Waals surface area contributed by atoms with E-state index in [2.05, 4.69) is 20.6 Å². The van der Waals surface area contributed by atoms with E-state index in [9.17, 15) is 4.39 Å². The number of nitrogens with zero attached hydrogens (tertiary/aromatic N) is 2. The van der Waals surface area contributed by atoms with E-state index in [1.54, 1.807) is 6.07 Å². The lowest BCUT2D eigenvalue weighted by Gasteiger charge is -2.10. The van der Waals surface area contributed by atoms with Crippen LogP contribution >= 0.6 is 23.2 Å². The molecular formula is C13H13Cl2FN4. The van der Waals surface area contributed by atoms with Crippen molar-refractivity contribution in [2.75, 3.05) is 17.2 Å². The van der Waals surface area contributed by atoms with Gasteiger partial charge in [0.1, 0.15) is 10.8 Å². The summed E-state index contributed by atoms with van der Waals surface area (Å²) in [6.07, 6.45) is 2.46. The Hall–Kier alpha value is -1.59. The Bertz CT molecular complexity index is 607. The average molecular weight is 315 g/mol. The van der Waals surface area contributed by atoms with E-state index < -0.39 is 5.82 Å². The van der Waals surface area contributed by atoms with Crippen LogP contribution in [0.5, 0.6) is 0 Å². The van der Waals surface area contributed by atoms with E-state index in [0.717, 1.165) is 13.0 Å². The van der Waals surface area contributed by atoms with E-state index >= 15 is 0 Å². The predicted octanol–water partition coefficient (Wildman–Crippen LogP) is 4.49. The van der Waals surface area contributed by atoms with Gasteiger partial charge >= 0.3 is 0 Å².